The molecule has 1 aromatic heterocycles. The zero-order valence-corrected chi connectivity index (χ0v) is 22.3. The summed E-state index contributed by atoms with van der Waals surface area (Å²) >= 11 is 0. The molecule has 5 rings (SSSR count). The number of amides is 1. The van der Waals surface area contributed by atoms with E-state index in [0.29, 0.717) is 26.0 Å². The summed E-state index contributed by atoms with van der Waals surface area (Å²) in [5.41, 5.74) is 12.2. The van der Waals surface area contributed by atoms with Crippen LogP contribution in [0.1, 0.15) is 43.0 Å². The predicted molar refractivity (Wildman–Crippen MR) is 153 cm³/mol. The molecule has 0 spiro atoms. The number of benzene rings is 3. The van der Waals surface area contributed by atoms with Crippen LogP contribution in [0, 0.1) is 0 Å². The molecule has 0 unspecified atom stereocenters. The van der Waals surface area contributed by atoms with Crippen LogP contribution in [0.3, 0.4) is 0 Å². The van der Waals surface area contributed by atoms with Crippen LogP contribution in [0.5, 0.6) is 0 Å². The number of aryl methyl sites for hydroxylation is 1. The Kier molecular flexibility index (Phi) is 8.51. The minimum Gasteiger partial charge on any atom is -0.385 e. The molecule has 1 aliphatic rings. The average Bonchev–Trinajstić information content (AvgIpc) is 3.32. The van der Waals surface area contributed by atoms with Crippen molar-refractivity contribution in [2.45, 2.75) is 50.6 Å². The fourth-order valence-corrected chi connectivity index (χ4v) is 5.66. The molecule has 1 saturated heterocycles. The summed E-state index contributed by atoms with van der Waals surface area (Å²) in [5.74, 6) is 1.45. The normalized spacial score (nSPS) is 16.6. The molecule has 1 aliphatic heterocycles. The van der Waals surface area contributed by atoms with Gasteiger partial charge in [0, 0.05) is 51.7 Å². The summed E-state index contributed by atoms with van der Waals surface area (Å²) in [6, 6.07) is 26.9. The summed E-state index contributed by atoms with van der Waals surface area (Å²) < 4.78 is 7.63. The highest BCUT2D eigenvalue weighted by atomic mass is 16.5. The van der Waals surface area contributed by atoms with Gasteiger partial charge in [-0.15, -0.1) is 0 Å². The second-order valence-electron chi connectivity index (χ2n) is 10.4. The van der Waals surface area contributed by atoms with E-state index in [2.05, 4.69) is 59.2 Å². The van der Waals surface area contributed by atoms with Crippen LogP contribution in [-0.4, -0.2) is 53.2 Å². The monoisotopic (exact) mass is 510 g/mol. The van der Waals surface area contributed by atoms with Crippen LogP contribution in [0.2, 0.25) is 0 Å². The van der Waals surface area contributed by atoms with E-state index in [1.54, 1.807) is 7.11 Å². The lowest BCUT2D eigenvalue weighted by Crippen LogP contribution is -2.42. The lowest BCUT2D eigenvalue weighted by atomic mass is 9.95. The van der Waals surface area contributed by atoms with Crippen LogP contribution in [-0.2, 0) is 22.5 Å². The van der Waals surface area contributed by atoms with Crippen molar-refractivity contribution < 1.29 is 9.53 Å². The molecule has 1 amide bonds. The third-order valence-electron chi connectivity index (χ3n) is 7.52. The molecule has 0 aliphatic carbocycles. The first kappa shape index (κ1) is 26.1. The molecule has 38 heavy (non-hydrogen) atoms. The first-order valence-corrected chi connectivity index (χ1v) is 13.7. The van der Waals surface area contributed by atoms with Gasteiger partial charge < -0.3 is 19.9 Å². The number of nitrogens with zero attached hydrogens (tertiary/aromatic N) is 3. The Labute approximate surface area is 225 Å². The Bertz CT molecular complexity index is 1350. The van der Waals surface area contributed by atoms with Gasteiger partial charge in [-0.3, -0.25) is 4.79 Å². The van der Waals surface area contributed by atoms with Crippen LogP contribution in [0.15, 0.2) is 78.9 Å². The van der Waals surface area contributed by atoms with Crippen molar-refractivity contribution in [1.82, 2.24) is 14.5 Å². The van der Waals surface area contributed by atoms with Gasteiger partial charge in [-0.25, -0.2) is 4.98 Å². The number of imidazole rings is 1. The van der Waals surface area contributed by atoms with E-state index in [1.807, 2.05) is 29.2 Å². The van der Waals surface area contributed by atoms with E-state index in [4.69, 9.17) is 15.5 Å². The summed E-state index contributed by atoms with van der Waals surface area (Å²) in [5, 5.41) is 0. The highest BCUT2D eigenvalue weighted by molar-refractivity contribution is 5.78. The topological polar surface area (TPSA) is 73.4 Å². The van der Waals surface area contributed by atoms with Crippen molar-refractivity contribution in [2.75, 3.05) is 26.8 Å². The van der Waals surface area contributed by atoms with Gasteiger partial charge in [-0.1, -0.05) is 66.7 Å². The van der Waals surface area contributed by atoms with E-state index in [1.165, 1.54) is 11.1 Å². The summed E-state index contributed by atoms with van der Waals surface area (Å²) in [6.07, 6.45) is 3.98. The number of carbonyl (C=O) groups is 1. The Hall–Kier alpha value is -3.48. The lowest BCUT2D eigenvalue weighted by Gasteiger charge is -2.33. The molecule has 198 valence electrons. The molecule has 6 nitrogen and oxygen atoms in total. The van der Waals surface area contributed by atoms with Gasteiger partial charge in [-0.2, -0.15) is 0 Å². The molecule has 2 atom stereocenters. The molecule has 0 bridgehead atoms. The van der Waals surface area contributed by atoms with Crippen molar-refractivity contribution >= 4 is 16.9 Å². The number of likely N-dealkylation sites (tertiary alicyclic amines) is 1. The van der Waals surface area contributed by atoms with Crippen molar-refractivity contribution in [3.8, 4) is 11.1 Å². The molecular weight excluding hydrogens is 472 g/mol. The number of rotatable bonds is 10. The highest BCUT2D eigenvalue weighted by Gasteiger charge is 2.29. The molecule has 0 radical (unpaired) electrons. The van der Waals surface area contributed by atoms with Gasteiger partial charge in [-0.05, 0) is 54.5 Å². The van der Waals surface area contributed by atoms with Crippen molar-refractivity contribution in [2.24, 2.45) is 5.73 Å². The van der Waals surface area contributed by atoms with Gasteiger partial charge in [0.15, 0.2) is 0 Å². The number of fused-ring (bicyclic) bond motifs is 1. The van der Waals surface area contributed by atoms with Crippen LogP contribution < -0.4 is 5.73 Å². The van der Waals surface area contributed by atoms with Crippen molar-refractivity contribution in [3.05, 3.63) is 90.3 Å². The van der Waals surface area contributed by atoms with Crippen molar-refractivity contribution in [3.63, 3.8) is 0 Å². The van der Waals surface area contributed by atoms with Gasteiger partial charge in [0.1, 0.15) is 5.82 Å². The lowest BCUT2D eigenvalue weighted by molar-refractivity contribution is -0.132. The Morgan fingerprint density at radius 2 is 1.84 bits per heavy atom. The molecule has 0 saturated carbocycles. The largest absolute Gasteiger partial charge is 0.385 e. The zero-order chi connectivity index (χ0) is 26.3. The number of ether oxygens (including phenoxy) is 1. The number of aromatic nitrogens is 2. The summed E-state index contributed by atoms with van der Waals surface area (Å²) in [6.45, 7) is 3.06. The first-order chi connectivity index (χ1) is 18.6. The Morgan fingerprint density at radius 3 is 2.68 bits per heavy atom. The number of nitrogens with two attached hydrogens (primary N) is 1. The van der Waals surface area contributed by atoms with E-state index in [9.17, 15) is 4.79 Å². The molecule has 2 heterocycles. The number of carbonyl (C=O) groups excluding carboxylic acids is 1. The number of piperidine rings is 1. The van der Waals surface area contributed by atoms with Crippen LogP contribution in [0.4, 0.5) is 0 Å². The minimum absolute atomic E-state index is 0.142. The maximum Gasteiger partial charge on any atom is 0.224 e. The molecule has 3 aromatic carbocycles. The Morgan fingerprint density at radius 1 is 1.05 bits per heavy atom. The number of hydrogen-bond donors (Lipinski definition) is 1. The Balaban J connectivity index is 1.24. The summed E-state index contributed by atoms with van der Waals surface area (Å²) in [7, 11) is 1.74. The molecule has 6 heteroatoms. The van der Waals surface area contributed by atoms with Gasteiger partial charge in [0.25, 0.3) is 0 Å². The van der Waals surface area contributed by atoms with E-state index < -0.39 is 0 Å². The summed E-state index contributed by atoms with van der Waals surface area (Å²) in [4.78, 5) is 20.4. The van der Waals surface area contributed by atoms with Crippen LogP contribution in [0.25, 0.3) is 22.2 Å². The van der Waals surface area contributed by atoms with E-state index in [0.717, 1.165) is 54.8 Å². The van der Waals surface area contributed by atoms with Gasteiger partial charge in [0.05, 0.1) is 11.0 Å². The second-order valence-corrected chi connectivity index (χ2v) is 10.4. The maximum absolute atomic E-state index is 13.3. The number of para-hydroxylation sites is 2. The molecule has 4 aromatic rings. The average molecular weight is 511 g/mol. The first-order valence-electron chi connectivity index (χ1n) is 13.7. The predicted octanol–water partition coefficient (Wildman–Crippen LogP) is 5.41. The second kappa shape index (κ2) is 12.4. The highest BCUT2D eigenvalue weighted by Crippen LogP contribution is 2.30. The third kappa shape index (κ3) is 6.14. The standard InChI is InChI=1S/C32H38N4O2/c1-38-19-9-18-36-30-16-6-5-15-29(30)34-32(36)27-14-8-17-35(23-27)31(37)22-28(33)21-24-10-7-13-26(20-24)25-11-3-2-4-12-25/h2-7,10-13,15-16,20,27-28H,8-9,14,17-19,21-23,33H2,1H3/t27-,28-/m1/s1. The van der Waals surface area contributed by atoms with Gasteiger partial charge in [0.2, 0.25) is 5.91 Å². The fourth-order valence-electron chi connectivity index (χ4n) is 5.66. The van der Waals surface area contributed by atoms with E-state index in [-0.39, 0.29) is 17.9 Å². The van der Waals surface area contributed by atoms with Crippen molar-refractivity contribution in [1.29, 1.82) is 0 Å². The smallest absolute Gasteiger partial charge is 0.224 e. The minimum atomic E-state index is -0.215. The zero-order valence-electron chi connectivity index (χ0n) is 22.3. The molecule has 1 fully saturated rings. The number of hydrogen-bond acceptors (Lipinski definition) is 4. The quantitative estimate of drug-likeness (QED) is 0.290. The third-order valence-corrected chi connectivity index (χ3v) is 7.52. The van der Waals surface area contributed by atoms with Gasteiger partial charge >= 0.3 is 0 Å². The fraction of sp³-hybridized carbons (Fsp3) is 0.375. The van der Waals surface area contributed by atoms with E-state index >= 15 is 0 Å². The maximum atomic E-state index is 13.3. The number of methoxy groups -OCH3 is 1. The SMILES string of the molecule is COCCCn1c([C@@H]2CCCN(C(=O)C[C@H](N)Cc3cccc(-c4ccccc4)c3)C2)nc2ccccc21. The molecular formula is C32H38N4O2. The van der Waals surface area contributed by atoms with Crippen LogP contribution >= 0.6 is 0 Å². The molecule has 2 N–H and O–H groups in total.